The molecule has 0 aromatic heterocycles. The molecule has 182 valence electrons. The van der Waals surface area contributed by atoms with Crippen LogP contribution in [0, 0.1) is 20.8 Å². The quantitative estimate of drug-likeness (QED) is 0.492. The Labute approximate surface area is 208 Å². The highest BCUT2D eigenvalue weighted by atomic mass is 32.2. The maximum Gasteiger partial charge on any atom is 0.307 e. The molecule has 2 aromatic carbocycles. The number of aliphatic carboxylic acids is 1. The predicted molar refractivity (Wildman–Crippen MR) is 140 cm³/mol. The molecule has 0 saturated heterocycles. The van der Waals surface area contributed by atoms with E-state index in [0.717, 1.165) is 61.1 Å². The molecule has 0 radical (unpaired) electrons. The molecule has 1 N–H and O–H groups in total. The first-order valence-corrected chi connectivity index (χ1v) is 13.8. The molecule has 2 heterocycles. The zero-order chi connectivity index (χ0) is 23.8. The summed E-state index contributed by atoms with van der Waals surface area (Å²) in [6.45, 7) is 9.35. The van der Waals surface area contributed by atoms with E-state index in [1.807, 2.05) is 0 Å². The van der Waals surface area contributed by atoms with Crippen LogP contribution >= 0.6 is 11.9 Å². The van der Waals surface area contributed by atoms with Crippen molar-refractivity contribution in [1.82, 2.24) is 4.31 Å². The topological polar surface area (TPSA) is 49.8 Å². The third-order valence-corrected chi connectivity index (χ3v) is 9.56. The van der Waals surface area contributed by atoms with Crippen LogP contribution in [-0.4, -0.2) is 33.8 Å². The minimum atomic E-state index is -0.757. The Hall–Kier alpha value is -1.98. The smallest absolute Gasteiger partial charge is 0.307 e. The standard InChI is InChI=1S/C29H37NO3S/c1-18-22-13-14-30(34-21-8-5-4-6-9-21)17-26(22)20(3)29(25(18)16-28(31)32)24-11-12-27-23(19(24)2)10-7-15-33-27/h11-12,21H,4-10,13-17H2,1-3H3,(H,31,32). The fourth-order valence-corrected chi connectivity index (χ4v) is 7.70. The summed E-state index contributed by atoms with van der Waals surface area (Å²) in [4.78, 5) is 11.9. The molecule has 34 heavy (non-hydrogen) atoms. The van der Waals surface area contributed by atoms with E-state index in [9.17, 15) is 9.90 Å². The van der Waals surface area contributed by atoms with Crippen molar-refractivity contribution < 1.29 is 14.6 Å². The Morgan fingerprint density at radius 3 is 2.56 bits per heavy atom. The summed E-state index contributed by atoms with van der Waals surface area (Å²) in [6, 6.07) is 4.26. The van der Waals surface area contributed by atoms with E-state index in [0.29, 0.717) is 0 Å². The van der Waals surface area contributed by atoms with Gasteiger partial charge in [0.05, 0.1) is 13.0 Å². The molecule has 4 nitrogen and oxygen atoms in total. The van der Waals surface area contributed by atoms with Gasteiger partial charge in [0, 0.05) is 18.3 Å². The third kappa shape index (κ3) is 4.49. The first-order valence-electron chi connectivity index (χ1n) is 13.0. The van der Waals surface area contributed by atoms with Crippen molar-refractivity contribution >= 4 is 17.9 Å². The minimum Gasteiger partial charge on any atom is -0.493 e. The van der Waals surface area contributed by atoms with Crippen LogP contribution in [0.1, 0.15) is 77.5 Å². The van der Waals surface area contributed by atoms with Crippen molar-refractivity contribution in [2.45, 2.75) is 90.4 Å². The minimum absolute atomic E-state index is 0.0723. The number of hydrogen-bond acceptors (Lipinski definition) is 4. The Bertz CT molecular complexity index is 1100. The van der Waals surface area contributed by atoms with E-state index in [4.69, 9.17) is 4.74 Å². The Morgan fingerprint density at radius 1 is 1.00 bits per heavy atom. The van der Waals surface area contributed by atoms with Gasteiger partial charge >= 0.3 is 5.97 Å². The molecule has 5 heteroatoms. The van der Waals surface area contributed by atoms with Gasteiger partial charge in [-0.05, 0) is 109 Å². The van der Waals surface area contributed by atoms with Crippen LogP contribution in [0.3, 0.4) is 0 Å². The molecule has 0 unspecified atom stereocenters. The summed E-state index contributed by atoms with van der Waals surface area (Å²) in [5.74, 6) is 0.239. The molecule has 0 spiro atoms. The van der Waals surface area contributed by atoms with Gasteiger partial charge in [-0.3, -0.25) is 4.79 Å². The number of rotatable bonds is 5. The molecule has 2 aromatic rings. The number of carboxylic acid groups (broad SMARTS) is 1. The van der Waals surface area contributed by atoms with Crippen molar-refractivity contribution in [3.63, 3.8) is 0 Å². The SMILES string of the molecule is Cc1c(-c2c(C)c3c(c(C)c2CC(=O)O)CCN(SC2CCCCC2)C3)ccc2c1CCCO2. The van der Waals surface area contributed by atoms with Gasteiger partial charge in [-0.25, -0.2) is 4.31 Å². The van der Waals surface area contributed by atoms with Gasteiger partial charge in [0.1, 0.15) is 5.75 Å². The van der Waals surface area contributed by atoms with Gasteiger partial charge in [0.25, 0.3) is 0 Å². The third-order valence-electron chi connectivity index (χ3n) is 8.18. The lowest BCUT2D eigenvalue weighted by Gasteiger charge is -2.35. The van der Waals surface area contributed by atoms with E-state index in [1.165, 1.54) is 71.0 Å². The number of fused-ring (bicyclic) bond motifs is 2. The Balaban J connectivity index is 1.58. The van der Waals surface area contributed by atoms with Crippen LogP contribution < -0.4 is 4.74 Å². The fourth-order valence-electron chi connectivity index (χ4n) is 6.33. The molecular formula is C29H37NO3S. The van der Waals surface area contributed by atoms with Crippen LogP contribution in [0.5, 0.6) is 5.75 Å². The summed E-state index contributed by atoms with van der Waals surface area (Å²) < 4.78 is 8.50. The summed E-state index contributed by atoms with van der Waals surface area (Å²) in [7, 11) is 0. The number of hydrogen-bond donors (Lipinski definition) is 1. The number of carboxylic acids is 1. The van der Waals surface area contributed by atoms with Gasteiger partial charge in [-0.1, -0.05) is 37.3 Å². The van der Waals surface area contributed by atoms with Gasteiger partial charge in [-0.2, -0.15) is 0 Å². The lowest BCUT2D eigenvalue weighted by atomic mass is 9.79. The summed E-state index contributed by atoms with van der Waals surface area (Å²) in [5, 5.41) is 10.6. The summed E-state index contributed by atoms with van der Waals surface area (Å²) >= 11 is 2.08. The van der Waals surface area contributed by atoms with E-state index >= 15 is 0 Å². The lowest BCUT2D eigenvalue weighted by molar-refractivity contribution is -0.136. The molecule has 1 aliphatic carbocycles. The molecule has 0 bridgehead atoms. The van der Waals surface area contributed by atoms with Crippen LogP contribution in [0.2, 0.25) is 0 Å². The first-order chi connectivity index (χ1) is 16.4. The summed E-state index contributed by atoms with van der Waals surface area (Å²) in [5.41, 5.74) is 11.1. The highest BCUT2D eigenvalue weighted by Gasteiger charge is 2.29. The first kappa shape index (κ1) is 23.7. The van der Waals surface area contributed by atoms with E-state index in [-0.39, 0.29) is 6.42 Å². The van der Waals surface area contributed by atoms with Crippen molar-refractivity contribution in [3.05, 3.63) is 51.1 Å². The molecule has 1 saturated carbocycles. The van der Waals surface area contributed by atoms with Gasteiger partial charge in [-0.15, -0.1) is 0 Å². The molecule has 0 atom stereocenters. The molecular weight excluding hydrogens is 442 g/mol. The summed E-state index contributed by atoms with van der Waals surface area (Å²) in [6.07, 6.45) is 9.94. The predicted octanol–water partition coefficient (Wildman–Crippen LogP) is 6.57. The molecule has 0 amide bonds. The molecule has 5 rings (SSSR count). The zero-order valence-corrected chi connectivity index (χ0v) is 21.7. The van der Waals surface area contributed by atoms with Crippen LogP contribution in [0.25, 0.3) is 11.1 Å². The number of ether oxygens (including phenoxy) is 1. The largest absolute Gasteiger partial charge is 0.493 e. The average molecular weight is 480 g/mol. The lowest BCUT2D eigenvalue weighted by Crippen LogP contribution is -2.30. The van der Waals surface area contributed by atoms with Crippen molar-refractivity contribution in [2.75, 3.05) is 13.2 Å². The molecule has 3 aliphatic rings. The highest BCUT2D eigenvalue weighted by molar-refractivity contribution is 7.97. The fraction of sp³-hybridized carbons (Fsp3) is 0.552. The Kier molecular flexibility index (Phi) is 6.95. The maximum atomic E-state index is 11.9. The average Bonchev–Trinajstić information content (AvgIpc) is 2.84. The maximum absolute atomic E-state index is 11.9. The van der Waals surface area contributed by atoms with Crippen molar-refractivity contribution in [3.8, 4) is 16.9 Å². The van der Waals surface area contributed by atoms with Gasteiger partial charge in [0.2, 0.25) is 0 Å². The van der Waals surface area contributed by atoms with Crippen LogP contribution in [0.15, 0.2) is 12.1 Å². The van der Waals surface area contributed by atoms with Crippen molar-refractivity contribution in [2.24, 2.45) is 0 Å². The van der Waals surface area contributed by atoms with E-state index in [2.05, 4.69) is 49.2 Å². The van der Waals surface area contributed by atoms with E-state index < -0.39 is 5.97 Å². The van der Waals surface area contributed by atoms with Crippen molar-refractivity contribution in [1.29, 1.82) is 0 Å². The van der Waals surface area contributed by atoms with Crippen LogP contribution in [-0.2, 0) is 30.6 Å². The number of carbonyl (C=O) groups is 1. The van der Waals surface area contributed by atoms with E-state index in [1.54, 1.807) is 0 Å². The molecule has 1 fully saturated rings. The van der Waals surface area contributed by atoms with Gasteiger partial charge in [0.15, 0.2) is 0 Å². The normalized spacial score (nSPS) is 18.8. The second-order valence-electron chi connectivity index (χ2n) is 10.3. The monoisotopic (exact) mass is 479 g/mol. The number of nitrogens with zero attached hydrogens (tertiary/aromatic N) is 1. The highest BCUT2D eigenvalue weighted by Crippen LogP contribution is 2.43. The van der Waals surface area contributed by atoms with Gasteiger partial charge < -0.3 is 9.84 Å². The van der Waals surface area contributed by atoms with Crippen LogP contribution in [0.4, 0.5) is 0 Å². The number of benzene rings is 2. The molecule has 2 aliphatic heterocycles. The zero-order valence-electron chi connectivity index (χ0n) is 20.8. The second kappa shape index (κ2) is 9.94. The second-order valence-corrected chi connectivity index (χ2v) is 11.7. The Morgan fingerprint density at radius 2 is 1.79 bits per heavy atom.